The van der Waals surface area contributed by atoms with Gasteiger partial charge in [-0.1, -0.05) is 6.92 Å². The maximum absolute atomic E-state index is 3.52. The topological polar surface area (TPSA) is 15.3 Å². The van der Waals surface area contributed by atoms with Gasteiger partial charge in [-0.2, -0.15) is 0 Å². The summed E-state index contributed by atoms with van der Waals surface area (Å²) in [6, 6.07) is 2.19. The molecule has 0 unspecified atom stereocenters. The number of halogens is 1. The lowest BCUT2D eigenvalue weighted by molar-refractivity contribution is 0.193. The van der Waals surface area contributed by atoms with Gasteiger partial charge >= 0.3 is 0 Å². The molecule has 2 nitrogen and oxygen atoms in total. The first-order valence-corrected chi connectivity index (χ1v) is 8.07. The van der Waals surface area contributed by atoms with Crippen LogP contribution in [0.15, 0.2) is 15.9 Å². The van der Waals surface area contributed by atoms with Gasteiger partial charge in [-0.25, -0.2) is 0 Å². The lowest BCUT2D eigenvalue weighted by atomic mass is 9.99. The third-order valence-electron chi connectivity index (χ3n) is 3.40. The van der Waals surface area contributed by atoms with Crippen molar-refractivity contribution in [3.63, 3.8) is 0 Å². The van der Waals surface area contributed by atoms with Crippen LogP contribution < -0.4 is 5.32 Å². The maximum atomic E-state index is 3.52. The van der Waals surface area contributed by atoms with Gasteiger partial charge in [-0.3, -0.25) is 0 Å². The predicted octanol–water partition coefficient (Wildman–Crippen LogP) is 3.33. The normalized spacial score (nSPS) is 18.7. The molecular weight excluding hydrogens is 296 g/mol. The molecule has 1 aliphatic heterocycles. The van der Waals surface area contributed by atoms with Gasteiger partial charge in [0.25, 0.3) is 0 Å². The summed E-state index contributed by atoms with van der Waals surface area (Å²) in [5.74, 6) is 0.933. The van der Waals surface area contributed by atoms with Crippen LogP contribution in [0.2, 0.25) is 0 Å². The summed E-state index contributed by atoms with van der Waals surface area (Å²) in [6.07, 6.45) is 2.75. The van der Waals surface area contributed by atoms with Crippen LogP contribution in [0, 0.1) is 5.92 Å². The number of rotatable bonds is 5. The Morgan fingerprint density at radius 2 is 2.24 bits per heavy atom. The highest BCUT2D eigenvalue weighted by Gasteiger charge is 2.14. The molecule has 1 aromatic heterocycles. The van der Waals surface area contributed by atoms with E-state index in [4.69, 9.17) is 0 Å². The summed E-state index contributed by atoms with van der Waals surface area (Å²) in [6.45, 7) is 8.23. The van der Waals surface area contributed by atoms with Crippen molar-refractivity contribution in [3.8, 4) is 0 Å². The van der Waals surface area contributed by atoms with Gasteiger partial charge in [-0.15, -0.1) is 11.3 Å². The fourth-order valence-corrected chi connectivity index (χ4v) is 3.60. The molecule has 96 valence electrons. The highest BCUT2D eigenvalue weighted by molar-refractivity contribution is 9.10. The second-order valence-corrected chi connectivity index (χ2v) is 6.84. The number of hydrogen-bond donors (Lipinski definition) is 1. The Kier molecular flexibility index (Phi) is 5.48. The molecule has 0 bridgehead atoms. The largest absolute Gasteiger partial charge is 0.311 e. The summed E-state index contributed by atoms with van der Waals surface area (Å²) in [7, 11) is 0. The van der Waals surface area contributed by atoms with E-state index in [-0.39, 0.29) is 0 Å². The Hall–Kier alpha value is 0.1000. The molecule has 0 spiro atoms. The average Bonchev–Trinajstić information content (AvgIpc) is 2.73. The minimum absolute atomic E-state index is 0.933. The molecule has 4 heteroatoms. The standard InChI is InChI=1S/C13H21BrN2S/c1-11-2-5-16(6-3-11)7-4-15-9-13-8-12(14)10-17-13/h8,10-11,15H,2-7,9H2,1H3. The quantitative estimate of drug-likeness (QED) is 0.838. The highest BCUT2D eigenvalue weighted by Crippen LogP contribution is 2.19. The Morgan fingerprint density at radius 1 is 1.47 bits per heavy atom. The van der Waals surface area contributed by atoms with Crippen molar-refractivity contribution < 1.29 is 0 Å². The summed E-state index contributed by atoms with van der Waals surface area (Å²) >= 11 is 5.30. The first kappa shape index (κ1) is 13.5. The minimum atomic E-state index is 0.933. The second kappa shape index (κ2) is 6.88. The van der Waals surface area contributed by atoms with E-state index in [1.165, 1.54) is 41.8 Å². The molecule has 1 aromatic rings. The Morgan fingerprint density at radius 3 is 2.88 bits per heavy atom. The molecule has 17 heavy (non-hydrogen) atoms. The second-order valence-electron chi connectivity index (χ2n) is 4.93. The van der Waals surface area contributed by atoms with Gasteiger partial charge < -0.3 is 10.2 Å². The first-order valence-electron chi connectivity index (χ1n) is 6.40. The van der Waals surface area contributed by atoms with Crippen molar-refractivity contribution in [1.29, 1.82) is 0 Å². The molecule has 0 atom stereocenters. The molecule has 1 N–H and O–H groups in total. The fraction of sp³-hybridized carbons (Fsp3) is 0.692. The zero-order valence-electron chi connectivity index (χ0n) is 10.4. The van der Waals surface area contributed by atoms with E-state index in [0.29, 0.717) is 0 Å². The molecule has 2 heterocycles. The summed E-state index contributed by atoms with van der Waals surface area (Å²) in [5, 5.41) is 5.66. The Balaban J connectivity index is 1.57. The van der Waals surface area contributed by atoms with E-state index >= 15 is 0 Å². The molecular formula is C13H21BrN2S. The fourth-order valence-electron chi connectivity index (χ4n) is 2.18. The third-order valence-corrected chi connectivity index (χ3v) is 5.10. The zero-order valence-corrected chi connectivity index (χ0v) is 12.8. The summed E-state index contributed by atoms with van der Waals surface area (Å²) in [5.41, 5.74) is 0. The van der Waals surface area contributed by atoms with E-state index in [9.17, 15) is 0 Å². The number of nitrogens with zero attached hydrogens (tertiary/aromatic N) is 1. The smallest absolute Gasteiger partial charge is 0.0300 e. The molecule has 0 saturated carbocycles. The lowest BCUT2D eigenvalue weighted by Gasteiger charge is -2.30. The number of hydrogen-bond acceptors (Lipinski definition) is 3. The number of piperidine rings is 1. The van der Waals surface area contributed by atoms with E-state index < -0.39 is 0 Å². The van der Waals surface area contributed by atoms with Crippen molar-refractivity contribution in [1.82, 2.24) is 10.2 Å². The molecule has 2 rings (SSSR count). The minimum Gasteiger partial charge on any atom is -0.311 e. The molecule has 0 aliphatic carbocycles. The van der Waals surface area contributed by atoms with Crippen LogP contribution in [-0.2, 0) is 6.54 Å². The first-order chi connectivity index (χ1) is 8.24. The molecule has 1 fully saturated rings. The van der Waals surface area contributed by atoms with Crippen molar-refractivity contribution >= 4 is 27.3 Å². The van der Waals surface area contributed by atoms with Crippen LogP contribution in [0.4, 0.5) is 0 Å². The van der Waals surface area contributed by atoms with Crippen molar-refractivity contribution in [2.75, 3.05) is 26.2 Å². The van der Waals surface area contributed by atoms with Crippen LogP contribution in [0.3, 0.4) is 0 Å². The van der Waals surface area contributed by atoms with Gasteiger partial charge in [0.1, 0.15) is 0 Å². The summed E-state index contributed by atoms with van der Waals surface area (Å²) < 4.78 is 1.20. The average molecular weight is 317 g/mol. The molecule has 0 amide bonds. The zero-order chi connectivity index (χ0) is 12.1. The van der Waals surface area contributed by atoms with Crippen LogP contribution in [0.25, 0.3) is 0 Å². The van der Waals surface area contributed by atoms with E-state index in [0.717, 1.165) is 19.0 Å². The Bertz CT molecular complexity index is 332. The van der Waals surface area contributed by atoms with E-state index in [1.807, 2.05) is 11.3 Å². The molecule has 1 aliphatic rings. The Labute approximate surface area is 117 Å². The van der Waals surface area contributed by atoms with Crippen LogP contribution in [0.1, 0.15) is 24.6 Å². The number of nitrogens with one attached hydrogen (secondary N) is 1. The molecule has 1 saturated heterocycles. The van der Waals surface area contributed by atoms with Gasteiger partial charge in [0.2, 0.25) is 0 Å². The van der Waals surface area contributed by atoms with Crippen LogP contribution in [0.5, 0.6) is 0 Å². The van der Waals surface area contributed by atoms with Gasteiger partial charge in [0.15, 0.2) is 0 Å². The van der Waals surface area contributed by atoms with Crippen LogP contribution >= 0.6 is 27.3 Å². The number of thiophene rings is 1. The van der Waals surface area contributed by atoms with E-state index in [1.54, 1.807) is 0 Å². The van der Waals surface area contributed by atoms with E-state index in [2.05, 4.69) is 44.5 Å². The van der Waals surface area contributed by atoms with Gasteiger partial charge in [0.05, 0.1) is 0 Å². The summed E-state index contributed by atoms with van der Waals surface area (Å²) in [4.78, 5) is 3.99. The van der Waals surface area contributed by atoms with Crippen molar-refractivity contribution in [2.24, 2.45) is 5.92 Å². The van der Waals surface area contributed by atoms with Gasteiger partial charge in [-0.05, 0) is 53.8 Å². The van der Waals surface area contributed by atoms with Crippen molar-refractivity contribution in [2.45, 2.75) is 26.3 Å². The maximum Gasteiger partial charge on any atom is 0.0300 e. The predicted molar refractivity (Wildman–Crippen MR) is 78.6 cm³/mol. The van der Waals surface area contributed by atoms with Crippen molar-refractivity contribution in [3.05, 3.63) is 20.8 Å². The monoisotopic (exact) mass is 316 g/mol. The lowest BCUT2D eigenvalue weighted by Crippen LogP contribution is -2.37. The third kappa shape index (κ3) is 4.70. The van der Waals surface area contributed by atoms with Crippen LogP contribution in [-0.4, -0.2) is 31.1 Å². The SMILES string of the molecule is CC1CCN(CCNCc2cc(Br)cs2)CC1. The molecule has 0 radical (unpaired) electrons. The van der Waals surface area contributed by atoms with Gasteiger partial charge in [0, 0.05) is 34.4 Å². The molecule has 0 aromatic carbocycles. The number of likely N-dealkylation sites (tertiary alicyclic amines) is 1. The highest BCUT2D eigenvalue weighted by atomic mass is 79.9.